The van der Waals surface area contributed by atoms with Gasteiger partial charge in [-0.1, -0.05) is 66.7 Å². The minimum absolute atomic E-state index is 0.00750. The number of rotatable bonds is 9. The summed E-state index contributed by atoms with van der Waals surface area (Å²) in [5.41, 5.74) is 5.39. The summed E-state index contributed by atoms with van der Waals surface area (Å²) >= 11 is 0. The Labute approximate surface area is 252 Å². The molecule has 3 aromatic carbocycles. The maximum Gasteiger partial charge on any atom is 0.257 e. The van der Waals surface area contributed by atoms with Crippen molar-refractivity contribution in [3.63, 3.8) is 0 Å². The summed E-state index contributed by atoms with van der Waals surface area (Å²) in [7, 11) is 0. The fourth-order valence-electron chi connectivity index (χ4n) is 5.72. The smallest absolute Gasteiger partial charge is 0.257 e. The van der Waals surface area contributed by atoms with Gasteiger partial charge >= 0.3 is 0 Å². The van der Waals surface area contributed by atoms with E-state index in [1.807, 2.05) is 48.5 Å². The Morgan fingerprint density at radius 2 is 1.53 bits per heavy atom. The number of piperazine rings is 1. The van der Waals surface area contributed by atoms with E-state index in [0.717, 1.165) is 62.4 Å². The number of nitrogens with one attached hydrogen (secondary N) is 1. The SMILES string of the molecule is O=C(Nc1ccc([C@H]2O[C@@H](CN3CCN(Cc4ccccc4)CC3)C[C@@H](c3ccc(CO)cc3)O2)cc1)c1cccnc1. The van der Waals surface area contributed by atoms with Crippen molar-refractivity contribution in [1.82, 2.24) is 14.8 Å². The highest BCUT2D eigenvalue weighted by Gasteiger charge is 2.33. The van der Waals surface area contributed by atoms with Crippen LogP contribution < -0.4 is 5.32 Å². The molecule has 3 atom stereocenters. The van der Waals surface area contributed by atoms with Crippen molar-refractivity contribution in [3.05, 3.63) is 131 Å². The van der Waals surface area contributed by atoms with Crippen LogP contribution in [0.2, 0.25) is 0 Å². The lowest BCUT2D eigenvalue weighted by Crippen LogP contribution is -2.49. The van der Waals surface area contributed by atoms with Crippen molar-refractivity contribution >= 4 is 11.6 Å². The van der Waals surface area contributed by atoms with Gasteiger partial charge in [-0.15, -0.1) is 0 Å². The summed E-state index contributed by atoms with van der Waals surface area (Å²) in [4.78, 5) is 21.6. The van der Waals surface area contributed by atoms with Gasteiger partial charge in [-0.2, -0.15) is 0 Å². The molecule has 4 aromatic rings. The van der Waals surface area contributed by atoms with Crippen molar-refractivity contribution in [2.45, 2.75) is 38.1 Å². The predicted octanol–water partition coefficient (Wildman–Crippen LogP) is 5.19. The monoisotopic (exact) mass is 578 g/mol. The highest BCUT2D eigenvalue weighted by Crippen LogP contribution is 2.38. The molecule has 6 rings (SSSR count). The molecular formula is C35H38N4O4. The fraction of sp³-hybridized carbons (Fsp3) is 0.314. The van der Waals surface area contributed by atoms with Crippen molar-refractivity contribution in [3.8, 4) is 0 Å². The lowest BCUT2D eigenvalue weighted by Gasteiger charge is -2.40. The molecule has 2 saturated heterocycles. The van der Waals surface area contributed by atoms with Gasteiger partial charge in [0.15, 0.2) is 6.29 Å². The van der Waals surface area contributed by atoms with Crippen molar-refractivity contribution < 1.29 is 19.4 Å². The largest absolute Gasteiger partial charge is 0.392 e. The minimum Gasteiger partial charge on any atom is -0.392 e. The zero-order chi connectivity index (χ0) is 29.4. The van der Waals surface area contributed by atoms with Crippen LogP contribution in [0.15, 0.2) is 103 Å². The van der Waals surface area contributed by atoms with E-state index in [2.05, 4.69) is 50.4 Å². The van der Waals surface area contributed by atoms with Crippen LogP contribution in [0.3, 0.4) is 0 Å². The number of nitrogens with zero attached hydrogens (tertiary/aromatic N) is 3. The molecule has 0 saturated carbocycles. The molecule has 1 aromatic heterocycles. The number of ether oxygens (including phenoxy) is 2. The molecule has 0 bridgehead atoms. The average molecular weight is 579 g/mol. The molecule has 0 aliphatic carbocycles. The van der Waals surface area contributed by atoms with E-state index in [1.54, 1.807) is 24.5 Å². The maximum absolute atomic E-state index is 12.6. The lowest BCUT2D eigenvalue weighted by atomic mass is 9.99. The van der Waals surface area contributed by atoms with Crippen molar-refractivity contribution in [1.29, 1.82) is 0 Å². The van der Waals surface area contributed by atoms with Gasteiger partial charge < -0.3 is 19.9 Å². The molecule has 0 spiro atoms. The molecule has 8 heteroatoms. The Kier molecular flexibility index (Phi) is 9.52. The Bertz CT molecular complexity index is 1440. The standard InChI is InChI=1S/C35H38N4O4/c40-25-27-8-10-28(11-9-27)33-21-32(24-39-19-17-38(18-20-39)23-26-5-2-1-3-6-26)42-35(43-33)29-12-14-31(15-13-29)37-34(41)30-7-4-16-36-22-30/h1-16,22,32-33,35,40H,17-21,23-25H2,(H,37,41)/t32-,33+,35+/m1/s1. The molecule has 2 aliphatic heterocycles. The van der Waals surface area contributed by atoms with Crippen LogP contribution in [0, 0.1) is 0 Å². The van der Waals surface area contributed by atoms with E-state index in [-0.39, 0.29) is 24.7 Å². The van der Waals surface area contributed by atoms with E-state index in [1.165, 1.54) is 5.56 Å². The maximum atomic E-state index is 12.6. The summed E-state index contributed by atoms with van der Waals surface area (Å²) in [6.07, 6.45) is 3.25. The molecule has 2 N–H and O–H groups in total. The van der Waals surface area contributed by atoms with Crippen LogP contribution in [0.5, 0.6) is 0 Å². The minimum atomic E-state index is -0.538. The first-order chi connectivity index (χ1) is 21.1. The third kappa shape index (κ3) is 7.73. The van der Waals surface area contributed by atoms with E-state index in [4.69, 9.17) is 9.47 Å². The second-order valence-electron chi connectivity index (χ2n) is 11.2. The number of anilines is 1. The molecule has 0 radical (unpaired) electrons. The van der Waals surface area contributed by atoms with E-state index in [9.17, 15) is 9.90 Å². The first kappa shape index (κ1) is 29.2. The van der Waals surface area contributed by atoms with Crippen LogP contribution in [-0.2, 0) is 22.6 Å². The molecule has 2 aliphatic rings. The number of aliphatic hydroxyl groups is 1. The van der Waals surface area contributed by atoms with Crippen LogP contribution in [0.25, 0.3) is 0 Å². The van der Waals surface area contributed by atoms with Crippen LogP contribution in [0.4, 0.5) is 5.69 Å². The summed E-state index contributed by atoms with van der Waals surface area (Å²) in [5, 5.41) is 12.4. The van der Waals surface area contributed by atoms with E-state index < -0.39 is 6.29 Å². The summed E-state index contributed by atoms with van der Waals surface area (Å²) in [6.45, 7) is 5.89. The average Bonchev–Trinajstić information content (AvgIpc) is 3.07. The van der Waals surface area contributed by atoms with Gasteiger partial charge in [0.2, 0.25) is 0 Å². The van der Waals surface area contributed by atoms with Gasteiger partial charge in [-0.25, -0.2) is 0 Å². The first-order valence-corrected chi connectivity index (χ1v) is 14.9. The Morgan fingerprint density at radius 3 is 2.23 bits per heavy atom. The Morgan fingerprint density at radius 1 is 0.814 bits per heavy atom. The van der Waals surface area contributed by atoms with Gasteiger partial charge in [0.25, 0.3) is 5.91 Å². The topological polar surface area (TPSA) is 87.2 Å². The zero-order valence-corrected chi connectivity index (χ0v) is 24.2. The number of hydrogen-bond acceptors (Lipinski definition) is 7. The highest BCUT2D eigenvalue weighted by molar-refractivity contribution is 6.04. The molecule has 8 nitrogen and oxygen atoms in total. The normalized spacial score (nSPS) is 21.4. The number of benzene rings is 3. The number of carbonyl (C=O) groups is 1. The summed E-state index contributed by atoms with van der Waals surface area (Å²) < 4.78 is 13.1. The molecule has 2 fully saturated rings. The number of amides is 1. The van der Waals surface area contributed by atoms with Gasteiger partial charge in [-0.05, 0) is 41.0 Å². The third-order valence-corrected chi connectivity index (χ3v) is 8.16. The number of hydrogen-bond donors (Lipinski definition) is 2. The molecular weight excluding hydrogens is 540 g/mol. The molecule has 0 unspecified atom stereocenters. The first-order valence-electron chi connectivity index (χ1n) is 14.9. The van der Waals surface area contributed by atoms with Crippen LogP contribution in [-0.4, -0.2) is 64.6 Å². The number of carbonyl (C=O) groups excluding carboxylic acids is 1. The van der Waals surface area contributed by atoms with Crippen LogP contribution >= 0.6 is 0 Å². The second kappa shape index (κ2) is 14.0. The van der Waals surface area contributed by atoms with E-state index >= 15 is 0 Å². The zero-order valence-electron chi connectivity index (χ0n) is 24.2. The van der Waals surface area contributed by atoms with Gasteiger partial charge in [0.05, 0.1) is 24.4 Å². The Hall–Kier alpha value is -3.92. The Balaban J connectivity index is 1.11. The number of aliphatic hydroxyl groups excluding tert-OH is 1. The van der Waals surface area contributed by atoms with Crippen molar-refractivity contribution in [2.24, 2.45) is 0 Å². The van der Waals surface area contributed by atoms with E-state index in [0.29, 0.717) is 11.3 Å². The molecule has 222 valence electrons. The molecule has 3 heterocycles. The third-order valence-electron chi connectivity index (χ3n) is 8.16. The van der Waals surface area contributed by atoms with Crippen LogP contribution in [0.1, 0.15) is 51.4 Å². The fourth-order valence-corrected chi connectivity index (χ4v) is 5.72. The lowest BCUT2D eigenvalue weighted by molar-refractivity contribution is -0.253. The quantitative estimate of drug-likeness (QED) is 0.283. The highest BCUT2D eigenvalue weighted by atomic mass is 16.7. The van der Waals surface area contributed by atoms with Crippen molar-refractivity contribution in [2.75, 3.05) is 38.0 Å². The predicted molar refractivity (Wildman–Crippen MR) is 165 cm³/mol. The summed E-state index contributed by atoms with van der Waals surface area (Å²) in [6, 6.07) is 29.7. The van der Waals surface area contributed by atoms with Gasteiger partial charge in [0, 0.05) is 69.3 Å². The number of aromatic nitrogens is 1. The second-order valence-corrected chi connectivity index (χ2v) is 11.2. The molecule has 43 heavy (non-hydrogen) atoms. The van der Waals surface area contributed by atoms with Gasteiger partial charge in [0.1, 0.15) is 0 Å². The van der Waals surface area contributed by atoms with Gasteiger partial charge in [-0.3, -0.25) is 19.6 Å². The molecule has 1 amide bonds. The number of pyridine rings is 1. The summed E-state index contributed by atoms with van der Waals surface area (Å²) in [5.74, 6) is -0.207.